The number of rotatable bonds is 2. The summed E-state index contributed by atoms with van der Waals surface area (Å²) in [6.45, 7) is 4.46. The van der Waals surface area contributed by atoms with Crippen LogP contribution in [0.2, 0.25) is 0 Å². The third-order valence-corrected chi connectivity index (χ3v) is 5.54. The Kier molecular flexibility index (Phi) is 4.22. The quantitative estimate of drug-likeness (QED) is 0.710. The van der Waals surface area contributed by atoms with E-state index >= 15 is 0 Å². The summed E-state index contributed by atoms with van der Waals surface area (Å²) in [6, 6.07) is 13.0. The Bertz CT molecular complexity index is 1050. The first-order chi connectivity index (χ1) is 13.0. The number of aromatic amines is 1. The van der Waals surface area contributed by atoms with E-state index in [1.54, 1.807) is 4.90 Å². The molecule has 1 unspecified atom stereocenters. The first kappa shape index (κ1) is 17.3. The fourth-order valence-corrected chi connectivity index (χ4v) is 3.84. The van der Waals surface area contributed by atoms with Crippen molar-refractivity contribution in [2.24, 2.45) is 0 Å². The molecule has 4 rings (SSSR count). The number of amides is 1. The summed E-state index contributed by atoms with van der Waals surface area (Å²) in [5, 5.41) is 1.03. The van der Waals surface area contributed by atoms with Gasteiger partial charge in [0.05, 0.1) is 7.11 Å². The van der Waals surface area contributed by atoms with Crippen LogP contribution in [0.1, 0.15) is 32.7 Å². The molecule has 0 saturated carbocycles. The van der Waals surface area contributed by atoms with Gasteiger partial charge in [0, 0.05) is 35.1 Å². The van der Waals surface area contributed by atoms with E-state index in [1.165, 1.54) is 7.11 Å². The predicted molar refractivity (Wildman–Crippen MR) is 104 cm³/mol. The first-order valence-corrected chi connectivity index (χ1v) is 9.04. The Morgan fingerprint density at radius 3 is 2.59 bits per heavy atom. The number of hydrogen-bond acceptors (Lipinski definition) is 3. The van der Waals surface area contributed by atoms with E-state index in [-0.39, 0.29) is 11.9 Å². The number of carbonyl (C=O) groups is 2. The van der Waals surface area contributed by atoms with Gasteiger partial charge >= 0.3 is 5.97 Å². The highest BCUT2D eigenvalue weighted by Crippen LogP contribution is 2.28. The van der Waals surface area contributed by atoms with Gasteiger partial charge in [0.1, 0.15) is 6.04 Å². The zero-order valence-electron chi connectivity index (χ0n) is 15.7. The van der Waals surface area contributed by atoms with Crippen molar-refractivity contribution in [1.82, 2.24) is 9.88 Å². The Balaban J connectivity index is 1.74. The molecule has 5 nitrogen and oxygen atoms in total. The Labute approximate surface area is 157 Å². The molecule has 1 N–H and O–H groups in total. The van der Waals surface area contributed by atoms with E-state index in [0.29, 0.717) is 18.5 Å². The number of methoxy groups -OCH3 is 1. The summed E-state index contributed by atoms with van der Waals surface area (Å²) in [5.74, 6) is -0.535. The Morgan fingerprint density at radius 1 is 1.11 bits per heavy atom. The van der Waals surface area contributed by atoms with Crippen LogP contribution in [0.4, 0.5) is 0 Å². The maximum atomic E-state index is 13.3. The number of fused-ring (bicyclic) bond motifs is 2. The second kappa shape index (κ2) is 6.58. The van der Waals surface area contributed by atoms with Crippen molar-refractivity contribution in [1.29, 1.82) is 0 Å². The van der Waals surface area contributed by atoms with Crippen molar-refractivity contribution in [3.8, 4) is 0 Å². The second-order valence-electron chi connectivity index (χ2n) is 7.08. The van der Waals surface area contributed by atoms with Crippen LogP contribution in [0.15, 0.2) is 42.5 Å². The van der Waals surface area contributed by atoms with E-state index in [1.807, 2.05) is 56.3 Å². The second-order valence-corrected chi connectivity index (χ2v) is 7.08. The lowest BCUT2D eigenvalue weighted by Crippen LogP contribution is -2.49. The van der Waals surface area contributed by atoms with Gasteiger partial charge in [-0.2, -0.15) is 0 Å². The number of hydrogen-bond donors (Lipinski definition) is 1. The highest BCUT2D eigenvalue weighted by atomic mass is 16.5. The third kappa shape index (κ3) is 2.89. The monoisotopic (exact) mass is 362 g/mol. The average Bonchev–Trinajstić information content (AvgIpc) is 2.99. The number of aryl methyl sites for hydroxylation is 2. The minimum atomic E-state index is -0.609. The minimum absolute atomic E-state index is 0.153. The van der Waals surface area contributed by atoms with Crippen molar-refractivity contribution < 1.29 is 14.3 Å². The lowest BCUT2D eigenvalue weighted by molar-refractivity contribution is -0.146. The number of H-pyrrole nitrogens is 1. The Hall–Kier alpha value is -3.08. The molecule has 1 aromatic heterocycles. The molecule has 0 spiro atoms. The number of ether oxygens (including phenoxy) is 1. The van der Waals surface area contributed by atoms with Gasteiger partial charge in [0.15, 0.2) is 0 Å². The molecule has 3 aromatic rings. The zero-order valence-corrected chi connectivity index (χ0v) is 15.7. The molecule has 0 bridgehead atoms. The van der Waals surface area contributed by atoms with Crippen LogP contribution >= 0.6 is 0 Å². The summed E-state index contributed by atoms with van der Waals surface area (Å²) in [6.07, 6.45) is 0.471. The lowest BCUT2D eigenvalue weighted by Gasteiger charge is -2.35. The number of benzene rings is 2. The maximum absolute atomic E-state index is 13.3. The molecule has 2 heterocycles. The molecular formula is C22H22N2O3. The molecule has 2 aromatic carbocycles. The largest absolute Gasteiger partial charge is 0.467 e. The maximum Gasteiger partial charge on any atom is 0.328 e. The fraction of sp³-hybridized carbons (Fsp3) is 0.273. The molecule has 0 fully saturated rings. The summed E-state index contributed by atoms with van der Waals surface area (Å²) in [7, 11) is 1.36. The van der Waals surface area contributed by atoms with Crippen molar-refractivity contribution in [2.45, 2.75) is 32.9 Å². The van der Waals surface area contributed by atoms with Crippen LogP contribution in [0.5, 0.6) is 0 Å². The van der Waals surface area contributed by atoms with E-state index < -0.39 is 6.04 Å². The van der Waals surface area contributed by atoms with Crippen molar-refractivity contribution >= 4 is 22.8 Å². The van der Waals surface area contributed by atoms with Crippen molar-refractivity contribution in [3.05, 3.63) is 70.4 Å². The smallest absolute Gasteiger partial charge is 0.328 e. The first-order valence-electron chi connectivity index (χ1n) is 9.04. The minimum Gasteiger partial charge on any atom is -0.467 e. The third-order valence-electron chi connectivity index (χ3n) is 5.54. The van der Waals surface area contributed by atoms with Crippen LogP contribution in [0.25, 0.3) is 10.9 Å². The lowest BCUT2D eigenvalue weighted by atomic mass is 9.93. The Morgan fingerprint density at radius 2 is 1.85 bits per heavy atom. The van der Waals surface area contributed by atoms with Crippen molar-refractivity contribution in [3.63, 3.8) is 0 Å². The number of nitrogens with one attached hydrogen (secondary N) is 1. The van der Waals surface area contributed by atoms with Crippen molar-refractivity contribution in [2.75, 3.05) is 7.11 Å². The zero-order chi connectivity index (χ0) is 19.1. The number of nitrogens with zero attached hydrogens (tertiary/aromatic N) is 1. The molecular weight excluding hydrogens is 340 g/mol. The molecule has 5 heteroatoms. The number of esters is 1. The summed E-state index contributed by atoms with van der Waals surface area (Å²) < 4.78 is 4.98. The standard InChI is InChI=1S/C22H22N2O3/c1-13-14(2)23-19-9-8-16(10-18(13)19)21(25)24-12-17-7-5-4-6-15(17)11-20(24)22(26)27-3/h4-10,20,23H,11-12H2,1-3H3. The van der Waals surface area contributed by atoms with Crippen LogP contribution in [-0.2, 0) is 22.5 Å². The van der Waals surface area contributed by atoms with Gasteiger partial charge in [-0.25, -0.2) is 4.79 Å². The van der Waals surface area contributed by atoms with Crippen LogP contribution < -0.4 is 0 Å². The molecule has 0 aliphatic carbocycles. The highest BCUT2D eigenvalue weighted by Gasteiger charge is 2.35. The van der Waals surface area contributed by atoms with Crippen LogP contribution in [-0.4, -0.2) is 34.9 Å². The van der Waals surface area contributed by atoms with Gasteiger partial charge in [0.25, 0.3) is 5.91 Å². The summed E-state index contributed by atoms with van der Waals surface area (Å²) >= 11 is 0. The number of aromatic nitrogens is 1. The molecule has 1 amide bonds. The van der Waals surface area contributed by atoms with Gasteiger partial charge in [0.2, 0.25) is 0 Å². The molecule has 1 aliphatic heterocycles. The highest BCUT2D eigenvalue weighted by molar-refractivity contribution is 6.00. The van der Waals surface area contributed by atoms with Gasteiger partial charge in [-0.05, 0) is 48.7 Å². The predicted octanol–water partition coefficient (Wildman–Crippen LogP) is 3.52. The number of carbonyl (C=O) groups excluding carboxylic acids is 2. The van der Waals surface area contributed by atoms with Gasteiger partial charge in [-0.15, -0.1) is 0 Å². The van der Waals surface area contributed by atoms with Crippen LogP contribution in [0, 0.1) is 13.8 Å². The summed E-state index contributed by atoms with van der Waals surface area (Å²) in [4.78, 5) is 30.6. The normalized spacial score (nSPS) is 16.3. The average molecular weight is 362 g/mol. The SMILES string of the molecule is COC(=O)C1Cc2ccccc2CN1C(=O)c1ccc2[nH]c(C)c(C)c2c1. The van der Waals surface area contributed by atoms with E-state index in [9.17, 15) is 9.59 Å². The fourth-order valence-electron chi connectivity index (χ4n) is 3.84. The topological polar surface area (TPSA) is 62.4 Å². The molecule has 1 atom stereocenters. The van der Waals surface area contributed by atoms with E-state index in [4.69, 9.17) is 4.74 Å². The molecule has 138 valence electrons. The van der Waals surface area contributed by atoms with Gasteiger partial charge in [-0.3, -0.25) is 4.79 Å². The molecule has 27 heavy (non-hydrogen) atoms. The summed E-state index contributed by atoms with van der Waals surface area (Å²) in [5.41, 5.74) is 5.97. The molecule has 0 radical (unpaired) electrons. The van der Waals surface area contributed by atoms with Gasteiger partial charge in [-0.1, -0.05) is 24.3 Å². The molecule has 0 saturated heterocycles. The van der Waals surface area contributed by atoms with Crippen LogP contribution in [0.3, 0.4) is 0 Å². The van der Waals surface area contributed by atoms with E-state index in [0.717, 1.165) is 33.3 Å². The molecule has 1 aliphatic rings. The van der Waals surface area contributed by atoms with Gasteiger partial charge < -0.3 is 14.6 Å². The van der Waals surface area contributed by atoms with E-state index in [2.05, 4.69) is 4.98 Å².